The molecule has 1 rings (SSSR count). The summed E-state index contributed by atoms with van der Waals surface area (Å²) in [6.07, 6.45) is -0.182. The molecule has 0 bridgehead atoms. The van der Waals surface area contributed by atoms with E-state index in [1.165, 1.54) is 38.4 Å². The summed E-state index contributed by atoms with van der Waals surface area (Å²) in [6, 6.07) is 5.46. The lowest BCUT2D eigenvalue weighted by Crippen LogP contribution is -2.32. The van der Waals surface area contributed by atoms with Gasteiger partial charge in [-0.1, -0.05) is 12.1 Å². The summed E-state index contributed by atoms with van der Waals surface area (Å²) < 4.78 is 29.5. The Morgan fingerprint density at radius 1 is 1.25 bits per heavy atom. The first-order chi connectivity index (χ1) is 9.27. The van der Waals surface area contributed by atoms with Gasteiger partial charge < -0.3 is 9.84 Å². The van der Waals surface area contributed by atoms with Crippen molar-refractivity contribution in [1.82, 2.24) is 4.31 Å². The molecule has 0 aliphatic heterocycles. The molecule has 1 aromatic rings. The number of hydrogen-bond acceptors (Lipinski definition) is 5. The van der Waals surface area contributed by atoms with E-state index in [1.54, 1.807) is 0 Å². The van der Waals surface area contributed by atoms with Crippen molar-refractivity contribution < 1.29 is 27.9 Å². The van der Waals surface area contributed by atoms with Crippen LogP contribution in [-0.2, 0) is 30.8 Å². The summed E-state index contributed by atoms with van der Waals surface area (Å²) >= 11 is 0. The second-order valence-electron chi connectivity index (χ2n) is 4.05. The number of ether oxygens (including phenoxy) is 1. The fourth-order valence-corrected chi connectivity index (χ4v) is 2.58. The Labute approximate surface area is 116 Å². The van der Waals surface area contributed by atoms with Gasteiger partial charge >= 0.3 is 11.9 Å². The highest BCUT2D eigenvalue weighted by Gasteiger charge is 2.23. The van der Waals surface area contributed by atoms with Crippen molar-refractivity contribution in [3.05, 3.63) is 29.8 Å². The van der Waals surface area contributed by atoms with E-state index in [2.05, 4.69) is 4.74 Å². The van der Waals surface area contributed by atoms with E-state index in [-0.39, 0.29) is 11.3 Å². The molecule has 1 aromatic carbocycles. The summed E-state index contributed by atoms with van der Waals surface area (Å²) in [4.78, 5) is 21.6. The molecule has 110 valence electrons. The molecule has 0 amide bonds. The minimum Gasteiger partial charge on any atom is -0.481 e. The van der Waals surface area contributed by atoms with E-state index in [1.807, 2.05) is 0 Å². The van der Waals surface area contributed by atoms with Crippen molar-refractivity contribution in [3.8, 4) is 0 Å². The fourth-order valence-electron chi connectivity index (χ4n) is 1.47. The van der Waals surface area contributed by atoms with Gasteiger partial charge in [0, 0.05) is 7.05 Å². The molecule has 0 radical (unpaired) electrons. The lowest BCUT2D eigenvalue weighted by atomic mass is 10.2. The minimum atomic E-state index is -3.80. The van der Waals surface area contributed by atoms with Crippen molar-refractivity contribution in [2.45, 2.75) is 11.3 Å². The van der Waals surface area contributed by atoms with E-state index in [0.717, 1.165) is 4.31 Å². The van der Waals surface area contributed by atoms with Crippen LogP contribution in [0.15, 0.2) is 29.2 Å². The van der Waals surface area contributed by atoms with Gasteiger partial charge in [-0.15, -0.1) is 0 Å². The van der Waals surface area contributed by atoms with Gasteiger partial charge in [0.1, 0.15) is 6.54 Å². The first-order valence-electron chi connectivity index (χ1n) is 5.61. The van der Waals surface area contributed by atoms with Gasteiger partial charge in [-0.3, -0.25) is 9.59 Å². The van der Waals surface area contributed by atoms with Crippen LogP contribution in [0.3, 0.4) is 0 Å². The van der Waals surface area contributed by atoms with Crippen LogP contribution in [0.2, 0.25) is 0 Å². The van der Waals surface area contributed by atoms with Crippen LogP contribution in [-0.4, -0.2) is 50.5 Å². The first-order valence-corrected chi connectivity index (χ1v) is 7.05. The normalized spacial score (nSPS) is 11.3. The molecule has 0 fully saturated rings. The number of rotatable bonds is 6. The Morgan fingerprint density at radius 2 is 1.80 bits per heavy atom. The summed E-state index contributed by atoms with van der Waals surface area (Å²) in [5, 5.41) is 8.63. The van der Waals surface area contributed by atoms with E-state index in [9.17, 15) is 18.0 Å². The molecular weight excluding hydrogens is 286 g/mol. The molecule has 20 heavy (non-hydrogen) atoms. The van der Waals surface area contributed by atoms with Crippen LogP contribution in [0.5, 0.6) is 0 Å². The van der Waals surface area contributed by atoms with Gasteiger partial charge in [0.25, 0.3) is 0 Å². The Morgan fingerprint density at radius 3 is 2.25 bits per heavy atom. The van der Waals surface area contributed by atoms with Crippen LogP contribution in [0.1, 0.15) is 5.56 Å². The average molecular weight is 301 g/mol. The van der Waals surface area contributed by atoms with E-state index in [4.69, 9.17) is 5.11 Å². The molecule has 0 aromatic heterocycles. The van der Waals surface area contributed by atoms with Crippen LogP contribution >= 0.6 is 0 Å². The molecule has 7 nitrogen and oxygen atoms in total. The molecule has 0 saturated heterocycles. The van der Waals surface area contributed by atoms with Gasteiger partial charge in [-0.05, 0) is 17.7 Å². The maximum absolute atomic E-state index is 12.1. The SMILES string of the molecule is COC(=O)CN(C)S(=O)(=O)c1ccc(CC(=O)O)cc1. The Bertz CT molecular complexity index is 593. The third kappa shape index (κ3) is 4.04. The highest BCUT2D eigenvalue weighted by molar-refractivity contribution is 7.89. The first kappa shape index (κ1) is 16.1. The maximum atomic E-state index is 12.1. The zero-order valence-corrected chi connectivity index (χ0v) is 11.9. The predicted molar refractivity (Wildman–Crippen MR) is 69.6 cm³/mol. The zero-order chi connectivity index (χ0) is 15.3. The lowest BCUT2D eigenvalue weighted by molar-refractivity contribution is -0.140. The standard InChI is InChI=1S/C12H15NO6S/c1-13(8-12(16)19-2)20(17,18)10-5-3-9(4-6-10)7-11(14)15/h3-6H,7-8H2,1-2H3,(H,14,15). The quantitative estimate of drug-likeness (QED) is 0.748. The van der Waals surface area contributed by atoms with Crippen molar-refractivity contribution in [2.75, 3.05) is 20.7 Å². The predicted octanol–water partition coefficient (Wildman–Crippen LogP) is 0.107. The number of aliphatic carboxylic acids is 1. The molecule has 1 N–H and O–H groups in total. The number of carboxylic acids is 1. The van der Waals surface area contributed by atoms with Crippen LogP contribution in [0.4, 0.5) is 0 Å². The number of likely N-dealkylation sites (N-methyl/N-ethyl adjacent to an activating group) is 1. The molecular formula is C12H15NO6S. The lowest BCUT2D eigenvalue weighted by Gasteiger charge is -2.15. The number of esters is 1. The Hall–Kier alpha value is -1.93. The molecule has 0 spiro atoms. The van der Waals surface area contributed by atoms with Gasteiger partial charge in [-0.25, -0.2) is 8.42 Å². The van der Waals surface area contributed by atoms with E-state index in [0.29, 0.717) is 5.56 Å². The van der Waals surface area contributed by atoms with E-state index < -0.39 is 28.5 Å². The van der Waals surface area contributed by atoms with Crippen molar-refractivity contribution in [3.63, 3.8) is 0 Å². The number of benzene rings is 1. The highest BCUT2D eigenvalue weighted by Crippen LogP contribution is 2.15. The van der Waals surface area contributed by atoms with Gasteiger partial charge in [0.2, 0.25) is 10.0 Å². The minimum absolute atomic E-state index is 0.0157. The van der Waals surface area contributed by atoms with Crippen molar-refractivity contribution in [1.29, 1.82) is 0 Å². The summed E-state index contributed by atoms with van der Waals surface area (Å²) in [7, 11) is -1.37. The number of carbonyl (C=O) groups excluding carboxylic acids is 1. The monoisotopic (exact) mass is 301 g/mol. The summed E-state index contributed by atoms with van der Waals surface area (Å²) in [6.45, 7) is -0.393. The third-order valence-electron chi connectivity index (χ3n) is 2.57. The number of nitrogens with zero attached hydrogens (tertiary/aromatic N) is 1. The smallest absolute Gasteiger partial charge is 0.321 e. The molecule has 0 aliphatic rings. The highest BCUT2D eigenvalue weighted by atomic mass is 32.2. The largest absolute Gasteiger partial charge is 0.481 e. The second-order valence-corrected chi connectivity index (χ2v) is 6.10. The molecule has 0 heterocycles. The maximum Gasteiger partial charge on any atom is 0.321 e. The number of carboxylic acid groups (broad SMARTS) is 1. The number of carbonyl (C=O) groups is 2. The summed E-state index contributed by atoms with van der Waals surface area (Å²) in [5.41, 5.74) is 0.493. The van der Waals surface area contributed by atoms with Gasteiger partial charge in [0.15, 0.2) is 0 Å². The fraction of sp³-hybridized carbons (Fsp3) is 0.333. The number of hydrogen-bond donors (Lipinski definition) is 1. The number of sulfonamides is 1. The molecule has 8 heteroatoms. The molecule has 0 unspecified atom stereocenters. The van der Waals surface area contributed by atoms with Gasteiger partial charge in [-0.2, -0.15) is 4.31 Å². The summed E-state index contributed by atoms with van der Waals surface area (Å²) in [5.74, 6) is -1.66. The molecule has 0 aliphatic carbocycles. The van der Waals surface area contributed by atoms with Crippen molar-refractivity contribution in [2.24, 2.45) is 0 Å². The van der Waals surface area contributed by atoms with E-state index >= 15 is 0 Å². The third-order valence-corrected chi connectivity index (χ3v) is 4.38. The van der Waals surface area contributed by atoms with Crippen LogP contribution in [0.25, 0.3) is 0 Å². The van der Waals surface area contributed by atoms with Crippen LogP contribution in [0, 0.1) is 0 Å². The van der Waals surface area contributed by atoms with Crippen LogP contribution < -0.4 is 0 Å². The topological polar surface area (TPSA) is 101 Å². The second kappa shape index (κ2) is 6.49. The zero-order valence-electron chi connectivity index (χ0n) is 11.1. The Balaban J connectivity index is 2.92. The molecule has 0 saturated carbocycles. The Kier molecular flexibility index (Phi) is 5.23. The van der Waals surface area contributed by atoms with Crippen molar-refractivity contribution >= 4 is 22.0 Å². The van der Waals surface area contributed by atoms with Gasteiger partial charge in [0.05, 0.1) is 18.4 Å². The number of methoxy groups -OCH3 is 1. The average Bonchev–Trinajstić information content (AvgIpc) is 2.38. The molecule has 0 atom stereocenters.